The molecule has 0 radical (unpaired) electrons. The van der Waals surface area contributed by atoms with E-state index in [0.717, 1.165) is 12.8 Å². The molecule has 0 saturated heterocycles. The number of hydrogen-bond acceptors (Lipinski definition) is 4. The summed E-state index contributed by atoms with van der Waals surface area (Å²) >= 11 is 0. The Kier molecular flexibility index (Phi) is 23.6. The van der Waals surface area contributed by atoms with Gasteiger partial charge in [-0.15, -0.1) is 0 Å². The predicted octanol–water partition coefficient (Wildman–Crippen LogP) is 5.76. The van der Waals surface area contributed by atoms with Gasteiger partial charge in [-0.25, -0.2) is 9.59 Å². The third kappa shape index (κ3) is 19.4. The number of carbonyl (C=O) groups is 2. The number of aliphatic hydroxyl groups excluding tert-OH is 2. The van der Waals surface area contributed by atoms with Gasteiger partial charge in [0.15, 0.2) is 0 Å². The van der Waals surface area contributed by atoms with Crippen LogP contribution in [0.2, 0.25) is 0 Å². The van der Waals surface area contributed by atoms with Gasteiger partial charge in [-0.1, -0.05) is 90.2 Å². The zero-order valence-corrected chi connectivity index (χ0v) is 18.8. The minimum absolute atomic E-state index is 0.190. The molecule has 0 unspecified atom stereocenters. The van der Waals surface area contributed by atoms with Crippen LogP contribution in [0.3, 0.4) is 0 Å². The van der Waals surface area contributed by atoms with Gasteiger partial charge in [-0.05, 0) is 25.0 Å². The summed E-state index contributed by atoms with van der Waals surface area (Å²) in [6, 6.07) is 5.48. The Morgan fingerprint density at radius 2 is 0.900 bits per heavy atom. The number of unbranched alkanes of at least 4 members (excludes halogenated alkanes) is 10. The van der Waals surface area contributed by atoms with Crippen LogP contribution in [-0.2, 0) is 0 Å². The number of benzene rings is 1. The van der Waals surface area contributed by atoms with Crippen molar-refractivity contribution in [2.45, 2.75) is 90.9 Å². The van der Waals surface area contributed by atoms with E-state index in [1.807, 2.05) is 0 Å². The molecule has 0 aliphatic heterocycles. The molecule has 0 fully saturated rings. The summed E-state index contributed by atoms with van der Waals surface area (Å²) in [5.41, 5.74) is -0.380. The normalized spacial score (nSPS) is 9.73. The fourth-order valence-corrected chi connectivity index (χ4v) is 2.64. The van der Waals surface area contributed by atoms with E-state index in [4.69, 9.17) is 20.4 Å². The summed E-state index contributed by atoms with van der Waals surface area (Å²) < 4.78 is 0. The van der Waals surface area contributed by atoms with Gasteiger partial charge in [0.1, 0.15) is 0 Å². The van der Waals surface area contributed by atoms with Crippen LogP contribution in [0.5, 0.6) is 0 Å². The third-order valence-corrected chi connectivity index (χ3v) is 4.41. The molecule has 4 N–H and O–H groups in total. The second-order valence-corrected chi connectivity index (χ2v) is 7.14. The fourth-order valence-electron chi connectivity index (χ4n) is 2.64. The molecule has 0 aliphatic carbocycles. The Morgan fingerprint density at radius 3 is 1.17 bits per heavy atom. The molecule has 6 heteroatoms. The Labute approximate surface area is 182 Å². The van der Waals surface area contributed by atoms with Crippen LogP contribution in [0.1, 0.15) is 112 Å². The Hall–Kier alpha value is -1.92. The minimum atomic E-state index is -1.23. The van der Waals surface area contributed by atoms with Gasteiger partial charge in [0.2, 0.25) is 0 Å². The molecule has 6 nitrogen and oxygen atoms in total. The Bertz CT molecular complexity index is 471. The quantitative estimate of drug-likeness (QED) is 0.281. The molecule has 1 rings (SSSR count). The summed E-state index contributed by atoms with van der Waals surface area (Å²) in [4.78, 5) is 20.9. The molecule has 174 valence electrons. The first-order chi connectivity index (χ1) is 14.5. The lowest BCUT2D eigenvalue weighted by Gasteiger charge is -1.98. The van der Waals surface area contributed by atoms with Crippen LogP contribution < -0.4 is 0 Å². The van der Waals surface area contributed by atoms with Crippen molar-refractivity contribution in [3.63, 3.8) is 0 Å². The van der Waals surface area contributed by atoms with Gasteiger partial charge in [0, 0.05) is 13.2 Å². The first-order valence-electron chi connectivity index (χ1n) is 11.2. The number of rotatable bonds is 14. The highest BCUT2D eigenvalue weighted by Gasteiger charge is 2.13. The molecule has 0 bridgehead atoms. The van der Waals surface area contributed by atoms with Gasteiger partial charge in [-0.2, -0.15) is 0 Å². The first kappa shape index (κ1) is 30.3. The monoisotopic (exact) mass is 426 g/mol. The van der Waals surface area contributed by atoms with Crippen molar-refractivity contribution in [1.29, 1.82) is 0 Å². The molecule has 0 spiro atoms. The van der Waals surface area contributed by atoms with Crippen LogP contribution in [0, 0.1) is 0 Å². The summed E-state index contributed by atoms with van der Waals surface area (Å²) in [6.07, 6.45) is 15.0. The largest absolute Gasteiger partial charge is 0.478 e. The van der Waals surface area contributed by atoms with E-state index < -0.39 is 11.9 Å². The number of hydrogen-bond donors (Lipinski definition) is 4. The summed E-state index contributed by atoms with van der Waals surface area (Å²) in [6.45, 7) is 5.16. The van der Waals surface area contributed by atoms with Crippen LogP contribution in [0.4, 0.5) is 0 Å². The summed E-state index contributed by atoms with van der Waals surface area (Å²) in [5.74, 6) is -2.46. The highest BCUT2D eigenvalue weighted by molar-refractivity contribution is 6.01. The highest BCUT2D eigenvalue weighted by Crippen LogP contribution is 2.08. The summed E-state index contributed by atoms with van der Waals surface area (Å²) in [5, 5.41) is 33.9. The Balaban J connectivity index is 0. The molecule has 0 aromatic heterocycles. The molecule has 1 aromatic rings. The molecule has 30 heavy (non-hydrogen) atoms. The van der Waals surface area contributed by atoms with Crippen LogP contribution in [0.15, 0.2) is 24.3 Å². The molecule has 0 amide bonds. The van der Waals surface area contributed by atoms with E-state index in [-0.39, 0.29) is 11.1 Å². The van der Waals surface area contributed by atoms with Crippen LogP contribution >= 0.6 is 0 Å². The smallest absolute Gasteiger partial charge is 0.336 e. The van der Waals surface area contributed by atoms with Gasteiger partial charge in [0.05, 0.1) is 11.1 Å². The SMILES string of the molecule is CCCCCCCCO.CCCCCCCCO.O=C(O)c1ccccc1C(=O)O. The van der Waals surface area contributed by atoms with Crippen molar-refractivity contribution in [2.24, 2.45) is 0 Å². The van der Waals surface area contributed by atoms with E-state index in [1.165, 1.54) is 88.5 Å². The maximum absolute atomic E-state index is 10.5. The number of carboxylic acids is 2. The standard InChI is InChI=1S/C8H6O4.2C8H18O/c9-7(10)5-3-1-2-4-6(5)8(11)12;2*1-2-3-4-5-6-7-8-9/h1-4H,(H,9,10)(H,11,12);2*9H,2-8H2,1H3. The van der Waals surface area contributed by atoms with Crippen molar-refractivity contribution in [3.8, 4) is 0 Å². The molecule has 0 aliphatic rings. The molecule has 1 aromatic carbocycles. The lowest BCUT2D eigenvalue weighted by atomic mass is 10.1. The number of carboxylic acid groups (broad SMARTS) is 2. The van der Waals surface area contributed by atoms with Gasteiger partial charge < -0.3 is 20.4 Å². The molecule has 0 heterocycles. The van der Waals surface area contributed by atoms with E-state index in [1.54, 1.807) is 0 Å². The second-order valence-electron chi connectivity index (χ2n) is 7.14. The molecule has 0 saturated carbocycles. The van der Waals surface area contributed by atoms with Crippen LogP contribution in [0.25, 0.3) is 0 Å². The lowest BCUT2D eigenvalue weighted by Crippen LogP contribution is -2.06. The molecular formula is C24H42O6. The van der Waals surface area contributed by atoms with Gasteiger partial charge in [0.25, 0.3) is 0 Å². The van der Waals surface area contributed by atoms with Crippen LogP contribution in [-0.4, -0.2) is 45.6 Å². The van der Waals surface area contributed by atoms with Crippen molar-refractivity contribution < 1.29 is 30.0 Å². The van der Waals surface area contributed by atoms with E-state index in [9.17, 15) is 9.59 Å². The topological polar surface area (TPSA) is 115 Å². The molecule has 0 atom stereocenters. The van der Waals surface area contributed by atoms with Gasteiger partial charge >= 0.3 is 11.9 Å². The number of aliphatic hydroxyl groups is 2. The van der Waals surface area contributed by atoms with E-state index >= 15 is 0 Å². The fraction of sp³-hybridized carbons (Fsp3) is 0.667. The summed E-state index contributed by atoms with van der Waals surface area (Å²) in [7, 11) is 0. The van der Waals surface area contributed by atoms with Crippen molar-refractivity contribution >= 4 is 11.9 Å². The average Bonchev–Trinajstić information content (AvgIpc) is 2.74. The predicted molar refractivity (Wildman–Crippen MR) is 121 cm³/mol. The zero-order valence-electron chi connectivity index (χ0n) is 18.8. The van der Waals surface area contributed by atoms with Crippen molar-refractivity contribution in [2.75, 3.05) is 13.2 Å². The maximum atomic E-state index is 10.5. The highest BCUT2D eigenvalue weighted by atomic mass is 16.4. The third-order valence-electron chi connectivity index (χ3n) is 4.41. The second kappa shape index (κ2) is 23.4. The zero-order chi connectivity index (χ0) is 23.0. The minimum Gasteiger partial charge on any atom is -0.478 e. The van der Waals surface area contributed by atoms with E-state index in [0.29, 0.717) is 13.2 Å². The average molecular weight is 427 g/mol. The van der Waals surface area contributed by atoms with Gasteiger partial charge in [-0.3, -0.25) is 0 Å². The Morgan fingerprint density at radius 1 is 0.600 bits per heavy atom. The lowest BCUT2D eigenvalue weighted by molar-refractivity contribution is 0.0651. The number of aromatic carboxylic acids is 2. The molecular weight excluding hydrogens is 384 g/mol. The van der Waals surface area contributed by atoms with E-state index in [2.05, 4.69) is 13.8 Å². The van der Waals surface area contributed by atoms with Crippen molar-refractivity contribution in [3.05, 3.63) is 35.4 Å². The first-order valence-corrected chi connectivity index (χ1v) is 11.2. The maximum Gasteiger partial charge on any atom is 0.336 e. The van der Waals surface area contributed by atoms with Crippen molar-refractivity contribution in [1.82, 2.24) is 0 Å².